The lowest BCUT2D eigenvalue weighted by molar-refractivity contribution is -0.133. The van der Waals surface area contributed by atoms with Crippen molar-refractivity contribution in [3.8, 4) is 0 Å². The predicted octanol–water partition coefficient (Wildman–Crippen LogP) is 0.788. The van der Waals surface area contributed by atoms with E-state index in [-0.39, 0.29) is 12.0 Å². The fraction of sp³-hybridized carbons (Fsp3) is 0.571. The van der Waals surface area contributed by atoms with E-state index >= 15 is 0 Å². The van der Waals surface area contributed by atoms with Gasteiger partial charge in [-0.2, -0.15) is 0 Å². The average Bonchev–Trinajstić information content (AvgIpc) is 1.87. The molecule has 0 spiro atoms. The van der Waals surface area contributed by atoms with Crippen LogP contribution in [-0.4, -0.2) is 22.3 Å². The van der Waals surface area contributed by atoms with E-state index in [2.05, 4.69) is 6.58 Å². The van der Waals surface area contributed by atoms with E-state index < -0.39 is 12.1 Å². The van der Waals surface area contributed by atoms with Gasteiger partial charge in [-0.05, 0) is 6.42 Å². The van der Waals surface area contributed by atoms with Crippen LogP contribution < -0.4 is 0 Å². The third-order valence-corrected chi connectivity index (χ3v) is 1.26. The molecule has 0 fully saturated rings. The van der Waals surface area contributed by atoms with Gasteiger partial charge >= 0.3 is 5.97 Å². The molecule has 0 aromatic rings. The van der Waals surface area contributed by atoms with Gasteiger partial charge in [-0.25, -0.2) is 4.79 Å². The van der Waals surface area contributed by atoms with Gasteiger partial charge < -0.3 is 10.2 Å². The summed E-state index contributed by atoms with van der Waals surface area (Å²) in [6.07, 6.45) is 0.154. The van der Waals surface area contributed by atoms with Crippen LogP contribution in [0.15, 0.2) is 12.2 Å². The molecule has 0 saturated heterocycles. The Morgan fingerprint density at radius 2 is 2.20 bits per heavy atom. The Balaban J connectivity index is 3.68. The monoisotopic (exact) mass is 144 g/mol. The number of aliphatic hydroxyl groups is 1. The van der Waals surface area contributed by atoms with Gasteiger partial charge in [0.25, 0.3) is 0 Å². The van der Waals surface area contributed by atoms with Gasteiger partial charge in [0.15, 0.2) is 0 Å². The fourth-order valence-electron chi connectivity index (χ4n) is 0.516. The van der Waals surface area contributed by atoms with Gasteiger partial charge in [0.2, 0.25) is 0 Å². The Bertz CT molecular complexity index is 140. The van der Waals surface area contributed by atoms with Crippen LogP contribution in [-0.2, 0) is 4.79 Å². The summed E-state index contributed by atoms with van der Waals surface area (Å²) in [5, 5.41) is 17.3. The number of hydrogen-bond acceptors (Lipinski definition) is 2. The van der Waals surface area contributed by atoms with Crippen molar-refractivity contribution in [3.63, 3.8) is 0 Å². The van der Waals surface area contributed by atoms with Gasteiger partial charge in [0.05, 0.1) is 6.10 Å². The zero-order chi connectivity index (χ0) is 8.15. The zero-order valence-electron chi connectivity index (χ0n) is 6.00. The normalized spacial score (nSPS) is 12.6. The lowest BCUT2D eigenvalue weighted by Crippen LogP contribution is -2.10. The number of carbonyl (C=O) groups is 1. The second kappa shape index (κ2) is 4.06. The lowest BCUT2D eigenvalue weighted by Gasteiger charge is -2.05. The van der Waals surface area contributed by atoms with Gasteiger partial charge in [0.1, 0.15) is 0 Å². The van der Waals surface area contributed by atoms with Crippen molar-refractivity contribution in [2.75, 3.05) is 0 Å². The molecule has 0 radical (unpaired) electrons. The highest BCUT2D eigenvalue weighted by Crippen LogP contribution is 2.05. The van der Waals surface area contributed by atoms with Crippen molar-refractivity contribution in [1.82, 2.24) is 0 Å². The third-order valence-electron chi connectivity index (χ3n) is 1.26. The molecule has 0 aromatic heterocycles. The van der Waals surface area contributed by atoms with Gasteiger partial charge in [0, 0.05) is 12.0 Å². The standard InChI is InChI=1S/C7H12O3/c1-3-6(8)4-5(2)7(9)10/h6,8H,2-4H2,1H3,(H,9,10)/t6-/m0/s1. The molecule has 0 bridgehead atoms. The number of carboxylic acid groups (broad SMARTS) is 1. The van der Waals surface area contributed by atoms with Crippen molar-refractivity contribution in [3.05, 3.63) is 12.2 Å². The van der Waals surface area contributed by atoms with Crippen LogP contribution in [0.25, 0.3) is 0 Å². The lowest BCUT2D eigenvalue weighted by atomic mass is 10.1. The minimum absolute atomic E-state index is 0.0642. The SMILES string of the molecule is C=C(C[C@@H](O)CC)C(=O)O. The molecule has 0 saturated carbocycles. The van der Waals surface area contributed by atoms with Crippen LogP contribution >= 0.6 is 0 Å². The first-order chi connectivity index (χ1) is 4.57. The number of rotatable bonds is 4. The van der Waals surface area contributed by atoms with E-state index in [4.69, 9.17) is 10.2 Å². The predicted molar refractivity (Wildman–Crippen MR) is 37.7 cm³/mol. The molecule has 10 heavy (non-hydrogen) atoms. The second-order valence-electron chi connectivity index (χ2n) is 2.17. The molecule has 2 N–H and O–H groups in total. The molecule has 0 aliphatic carbocycles. The summed E-state index contributed by atoms with van der Waals surface area (Å²) >= 11 is 0. The summed E-state index contributed by atoms with van der Waals surface area (Å²) in [4.78, 5) is 10.1. The Morgan fingerprint density at radius 1 is 1.70 bits per heavy atom. The molecule has 0 amide bonds. The van der Waals surface area contributed by atoms with Crippen molar-refractivity contribution in [2.24, 2.45) is 0 Å². The molecule has 3 heteroatoms. The Morgan fingerprint density at radius 3 is 2.50 bits per heavy atom. The molecule has 0 heterocycles. The van der Waals surface area contributed by atoms with E-state index in [9.17, 15) is 4.79 Å². The summed E-state index contributed by atoms with van der Waals surface area (Å²) in [6, 6.07) is 0. The van der Waals surface area contributed by atoms with Crippen LogP contribution in [0.4, 0.5) is 0 Å². The van der Waals surface area contributed by atoms with Crippen LogP contribution in [0.3, 0.4) is 0 Å². The van der Waals surface area contributed by atoms with E-state index in [1.165, 1.54) is 0 Å². The van der Waals surface area contributed by atoms with Gasteiger partial charge in [-0.15, -0.1) is 0 Å². The van der Waals surface area contributed by atoms with Crippen LogP contribution in [0, 0.1) is 0 Å². The Labute approximate surface area is 60.0 Å². The van der Waals surface area contributed by atoms with Gasteiger partial charge in [-0.3, -0.25) is 0 Å². The summed E-state index contributed by atoms with van der Waals surface area (Å²) in [5.74, 6) is -1.03. The van der Waals surface area contributed by atoms with Gasteiger partial charge in [-0.1, -0.05) is 13.5 Å². The minimum Gasteiger partial charge on any atom is -0.478 e. The zero-order valence-corrected chi connectivity index (χ0v) is 6.00. The molecule has 0 aliphatic heterocycles. The smallest absolute Gasteiger partial charge is 0.331 e. The van der Waals surface area contributed by atoms with Crippen LogP contribution in [0.1, 0.15) is 19.8 Å². The molecule has 3 nitrogen and oxygen atoms in total. The highest BCUT2D eigenvalue weighted by molar-refractivity contribution is 5.85. The largest absolute Gasteiger partial charge is 0.478 e. The number of hydrogen-bond donors (Lipinski definition) is 2. The van der Waals surface area contributed by atoms with E-state index in [0.29, 0.717) is 6.42 Å². The fourth-order valence-corrected chi connectivity index (χ4v) is 0.516. The molecule has 0 unspecified atom stereocenters. The molecule has 0 aliphatic rings. The summed E-state index contributed by atoms with van der Waals surface area (Å²) in [6.45, 7) is 5.07. The van der Waals surface area contributed by atoms with Crippen molar-refractivity contribution < 1.29 is 15.0 Å². The number of aliphatic carboxylic acids is 1. The summed E-state index contributed by atoms with van der Waals surface area (Å²) in [7, 11) is 0. The number of carboxylic acids is 1. The highest BCUT2D eigenvalue weighted by atomic mass is 16.4. The third kappa shape index (κ3) is 3.25. The van der Waals surface area contributed by atoms with Crippen molar-refractivity contribution >= 4 is 5.97 Å². The molecule has 0 aromatic carbocycles. The Hall–Kier alpha value is -0.830. The van der Waals surface area contributed by atoms with E-state index in [1.807, 2.05) is 0 Å². The molecule has 1 atom stereocenters. The maximum absolute atomic E-state index is 10.1. The maximum Gasteiger partial charge on any atom is 0.331 e. The van der Waals surface area contributed by atoms with E-state index in [0.717, 1.165) is 0 Å². The molecule has 58 valence electrons. The second-order valence-corrected chi connectivity index (χ2v) is 2.17. The van der Waals surface area contributed by atoms with Crippen molar-refractivity contribution in [1.29, 1.82) is 0 Å². The highest BCUT2D eigenvalue weighted by Gasteiger charge is 2.08. The first-order valence-electron chi connectivity index (χ1n) is 3.17. The maximum atomic E-state index is 10.1. The Kier molecular flexibility index (Phi) is 3.72. The first kappa shape index (κ1) is 9.17. The molecule has 0 rings (SSSR count). The quantitative estimate of drug-likeness (QED) is 0.573. The first-order valence-corrected chi connectivity index (χ1v) is 3.17. The molecular formula is C7H12O3. The summed E-state index contributed by atoms with van der Waals surface area (Å²) in [5.41, 5.74) is 0.0642. The van der Waals surface area contributed by atoms with Crippen LogP contribution in [0.5, 0.6) is 0 Å². The van der Waals surface area contributed by atoms with E-state index in [1.54, 1.807) is 6.92 Å². The topological polar surface area (TPSA) is 57.5 Å². The van der Waals surface area contributed by atoms with Crippen molar-refractivity contribution in [2.45, 2.75) is 25.9 Å². The summed E-state index contributed by atoms with van der Waals surface area (Å²) < 4.78 is 0. The van der Waals surface area contributed by atoms with Crippen LogP contribution in [0.2, 0.25) is 0 Å². The minimum atomic E-state index is -1.03. The molecular weight excluding hydrogens is 132 g/mol. The number of aliphatic hydroxyl groups excluding tert-OH is 1. The average molecular weight is 144 g/mol.